The van der Waals surface area contributed by atoms with Crippen molar-refractivity contribution in [3.05, 3.63) is 0 Å². The second-order valence-electron chi connectivity index (χ2n) is 3.74. The van der Waals surface area contributed by atoms with Crippen LogP contribution in [0.3, 0.4) is 0 Å². The van der Waals surface area contributed by atoms with Crippen molar-refractivity contribution in [3.63, 3.8) is 0 Å². The number of hydrogen-bond donors (Lipinski definition) is 0. The van der Waals surface area contributed by atoms with Gasteiger partial charge in [0.05, 0.1) is 6.10 Å². The predicted molar refractivity (Wildman–Crippen MR) is 41.4 cm³/mol. The zero-order chi connectivity index (χ0) is 7.90. The Hall–Kier alpha value is -0.370. The summed E-state index contributed by atoms with van der Waals surface area (Å²) in [5, 5.41) is 0. The Morgan fingerprint density at radius 3 is 2.82 bits per heavy atom. The quantitative estimate of drug-likeness (QED) is 0.530. The van der Waals surface area contributed by atoms with Crippen LogP contribution in [-0.4, -0.2) is 17.5 Å². The molecule has 0 aromatic rings. The van der Waals surface area contributed by atoms with Crippen LogP contribution in [0.2, 0.25) is 0 Å². The van der Waals surface area contributed by atoms with Crippen molar-refractivity contribution in [1.29, 1.82) is 0 Å². The lowest BCUT2D eigenvalue weighted by molar-refractivity contribution is -0.137. The fourth-order valence-corrected chi connectivity index (χ4v) is 2.23. The van der Waals surface area contributed by atoms with Gasteiger partial charge in [-0.1, -0.05) is 0 Å². The lowest BCUT2D eigenvalue weighted by Crippen LogP contribution is -2.33. The molecule has 0 radical (unpaired) electrons. The summed E-state index contributed by atoms with van der Waals surface area (Å²) in [5.74, 6) is 0.349. The Morgan fingerprint density at radius 2 is 2.36 bits per heavy atom. The molecule has 62 valence electrons. The molecule has 0 unspecified atom stereocenters. The Balaban J connectivity index is 2.16. The van der Waals surface area contributed by atoms with Gasteiger partial charge in [0.25, 0.3) is 0 Å². The maximum atomic E-state index is 11.4. The van der Waals surface area contributed by atoms with Gasteiger partial charge < -0.3 is 4.74 Å². The highest BCUT2D eigenvalue weighted by atomic mass is 16.5. The summed E-state index contributed by atoms with van der Waals surface area (Å²) in [6.07, 6.45) is 5.07. The van der Waals surface area contributed by atoms with Gasteiger partial charge in [0.15, 0.2) is 5.78 Å². The molecule has 0 aromatic carbocycles. The van der Waals surface area contributed by atoms with Crippen molar-refractivity contribution in [2.45, 2.75) is 50.7 Å². The average molecular weight is 154 g/mol. The monoisotopic (exact) mass is 154 g/mol. The highest BCUT2D eigenvalue weighted by molar-refractivity contribution is 5.89. The van der Waals surface area contributed by atoms with E-state index in [1.807, 2.05) is 0 Å². The van der Waals surface area contributed by atoms with E-state index >= 15 is 0 Å². The van der Waals surface area contributed by atoms with E-state index < -0.39 is 0 Å². The number of ether oxygens (including phenoxy) is 1. The fraction of sp³-hybridized carbons (Fsp3) is 0.889. The van der Waals surface area contributed by atoms with Gasteiger partial charge in [0, 0.05) is 6.42 Å². The van der Waals surface area contributed by atoms with Crippen molar-refractivity contribution in [3.8, 4) is 0 Å². The number of ketones is 1. The third-order valence-corrected chi connectivity index (χ3v) is 2.87. The van der Waals surface area contributed by atoms with Crippen LogP contribution in [0.5, 0.6) is 0 Å². The van der Waals surface area contributed by atoms with Gasteiger partial charge in [0.2, 0.25) is 0 Å². The van der Waals surface area contributed by atoms with E-state index in [0.29, 0.717) is 11.9 Å². The van der Waals surface area contributed by atoms with Gasteiger partial charge in [-0.05, 0) is 32.6 Å². The minimum absolute atomic E-state index is 0.303. The average Bonchev–Trinajstić information content (AvgIpc) is 2.46. The van der Waals surface area contributed by atoms with E-state index in [2.05, 4.69) is 6.92 Å². The van der Waals surface area contributed by atoms with Crippen LogP contribution in [0.25, 0.3) is 0 Å². The SMILES string of the molecule is C[C@H]1CC[C@]2(CCCC2=O)O1. The Kier molecular flexibility index (Phi) is 1.53. The zero-order valence-corrected chi connectivity index (χ0v) is 6.93. The van der Waals surface area contributed by atoms with Gasteiger partial charge in [-0.15, -0.1) is 0 Å². The summed E-state index contributed by atoms with van der Waals surface area (Å²) < 4.78 is 5.67. The molecule has 2 rings (SSSR count). The lowest BCUT2D eigenvalue weighted by Gasteiger charge is -2.20. The van der Waals surface area contributed by atoms with E-state index in [1.165, 1.54) is 0 Å². The van der Waals surface area contributed by atoms with Crippen molar-refractivity contribution < 1.29 is 9.53 Å². The molecular weight excluding hydrogens is 140 g/mol. The van der Waals surface area contributed by atoms with E-state index in [4.69, 9.17) is 4.74 Å². The molecular formula is C9H14O2. The van der Waals surface area contributed by atoms with Crippen molar-refractivity contribution in [2.24, 2.45) is 0 Å². The van der Waals surface area contributed by atoms with E-state index in [9.17, 15) is 4.79 Å². The standard InChI is InChI=1S/C9H14O2/c1-7-4-6-9(11-7)5-2-3-8(9)10/h7H,2-6H2,1H3/t7-,9-/m0/s1. The molecule has 1 spiro atoms. The molecule has 2 heteroatoms. The highest BCUT2D eigenvalue weighted by Crippen LogP contribution is 2.40. The van der Waals surface area contributed by atoms with Crippen molar-refractivity contribution in [2.75, 3.05) is 0 Å². The first-order valence-electron chi connectivity index (χ1n) is 4.44. The maximum Gasteiger partial charge on any atom is 0.164 e. The molecule has 1 aliphatic carbocycles. The first-order chi connectivity index (χ1) is 5.23. The predicted octanol–water partition coefficient (Wildman–Crippen LogP) is 1.68. The summed E-state index contributed by atoms with van der Waals surface area (Å²) in [4.78, 5) is 11.4. The van der Waals surface area contributed by atoms with Gasteiger partial charge in [-0.2, -0.15) is 0 Å². The van der Waals surface area contributed by atoms with Crippen LogP contribution in [0.15, 0.2) is 0 Å². The molecule has 2 fully saturated rings. The number of hydrogen-bond acceptors (Lipinski definition) is 2. The summed E-state index contributed by atoms with van der Waals surface area (Å²) in [7, 11) is 0. The first-order valence-corrected chi connectivity index (χ1v) is 4.44. The summed E-state index contributed by atoms with van der Waals surface area (Å²) in [5.41, 5.74) is -0.320. The first kappa shape index (κ1) is 7.29. The Bertz CT molecular complexity index is 188. The van der Waals surface area contributed by atoms with Crippen LogP contribution in [0, 0.1) is 0 Å². The third kappa shape index (κ3) is 1.00. The molecule has 2 nitrogen and oxygen atoms in total. The zero-order valence-electron chi connectivity index (χ0n) is 6.93. The van der Waals surface area contributed by atoms with Crippen LogP contribution in [-0.2, 0) is 9.53 Å². The molecule has 0 amide bonds. The molecule has 1 aliphatic heterocycles. The summed E-state index contributed by atoms with van der Waals surface area (Å²) >= 11 is 0. The number of carbonyl (C=O) groups is 1. The minimum atomic E-state index is -0.320. The van der Waals surface area contributed by atoms with E-state index in [-0.39, 0.29) is 5.60 Å². The molecule has 2 aliphatic rings. The van der Waals surface area contributed by atoms with Crippen LogP contribution in [0.4, 0.5) is 0 Å². The molecule has 11 heavy (non-hydrogen) atoms. The second-order valence-corrected chi connectivity index (χ2v) is 3.74. The summed E-state index contributed by atoms with van der Waals surface area (Å²) in [6, 6.07) is 0. The molecule has 1 saturated heterocycles. The minimum Gasteiger partial charge on any atom is -0.364 e. The Labute approximate surface area is 66.9 Å². The smallest absolute Gasteiger partial charge is 0.164 e. The molecule has 0 bridgehead atoms. The number of carbonyl (C=O) groups excluding carboxylic acids is 1. The fourth-order valence-electron chi connectivity index (χ4n) is 2.23. The topological polar surface area (TPSA) is 26.3 Å². The molecule has 1 heterocycles. The number of Topliss-reactive ketones (excluding diaryl/α,β-unsaturated/α-hetero) is 1. The molecule has 0 N–H and O–H groups in total. The largest absolute Gasteiger partial charge is 0.364 e. The van der Waals surface area contributed by atoms with Gasteiger partial charge in [0.1, 0.15) is 5.60 Å². The van der Waals surface area contributed by atoms with Gasteiger partial charge in [-0.3, -0.25) is 4.79 Å². The normalized spacial score (nSPS) is 44.1. The Morgan fingerprint density at radius 1 is 1.55 bits per heavy atom. The van der Waals surface area contributed by atoms with Gasteiger partial charge >= 0.3 is 0 Å². The van der Waals surface area contributed by atoms with Crippen molar-refractivity contribution in [1.82, 2.24) is 0 Å². The third-order valence-electron chi connectivity index (χ3n) is 2.87. The molecule has 2 atom stereocenters. The number of rotatable bonds is 0. The van der Waals surface area contributed by atoms with Crippen LogP contribution >= 0.6 is 0 Å². The lowest BCUT2D eigenvalue weighted by atomic mass is 9.97. The second kappa shape index (κ2) is 2.31. The highest BCUT2D eigenvalue weighted by Gasteiger charge is 2.47. The van der Waals surface area contributed by atoms with Gasteiger partial charge in [-0.25, -0.2) is 0 Å². The van der Waals surface area contributed by atoms with Crippen LogP contribution in [0.1, 0.15) is 39.0 Å². The van der Waals surface area contributed by atoms with Crippen molar-refractivity contribution >= 4 is 5.78 Å². The van der Waals surface area contributed by atoms with E-state index in [1.54, 1.807) is 0 Å². The molecule has 0 aromatic heterocycles. The maximum absolute atomic E-state index is 11.4. The van der Waals surface area contributed by atoms with E-state index in [0.717, 1.165) is 32.1 Å². The van der Waals surface area contributed by atoms with Crippen LogP contribution < -0.4 is 0 Å². The molecule has 1 saturated carbocycles. The summed E-state index contributed by atoms with van der Waals surface area (Å²) in [6.45, 7) is 2.06.